The number of rotatable bonds is 7. The monoisotopic (exact) mass is 405 g/mol. The number of benzene rings is 2. The zero-order valence-electron chi connectivity index (χ0n) is 16.8. The molecule has 1 aromatic heterocycles. The third-order valence-electron chi connectivity index (χ3n) is 4.29. The minimum atomic E-state index is -0.466. The highest BCUT2D eigenvalue weighted by molar-refractivity contribution is 6.10. The molecular formula is C22H23N5O3. The van der Waals surface area contributed by atoms with Crippen molar-refractivity contribution in [2.45, 2.75) is 20.3 Å². The normalized spacial score (nSPS) is 10.6. The number of nitrogens with zero attached hydrogens (tertiary/aromatic N) is 2. The van der Waals surface area contributed by atoms with Crippen molar-refractivity contribution in [3.8, 4) is 5.69 Å². The second-order valence-corrected chi connectivity index (χ2v) is 7.08. The van der Waals surface area contributed by atoms with Gasteiger partial charge < -0.3 is 16.4 Å². The number of aromatic nitrogens is 2. The highest BCUT2D eigenvalue weighted by Crippen LogP contribution is 2.19. The molecule has 4 N–H and O–H groups in total. The van der Waals surface area contributed by atoms with Crippen LogP contribution in [0.25, 0.3) is 5.69 Å². The molecule has 0 aliphatic rings. The summed E-state index contributed by atoms with van der Waals surface area (Å²) in [5.41, 5.74) is 7.51. The maximum absolute atomic E-state index is 12.6. The van der Waals surface area contributed by atoms with Crippen LogP contribution in [0.1, 0.15) is 30.8 Å². The Balaban J connectivity index is 1.79. The molecule has 0 atom stereocenters. The molecule has 0 unspecified atom stereocenters. The molecule has 0 fully saturated rings. The first-order valence-corrected chi connectivity index (χ1v) is 9.48. The van der Waals surface area contributed by atoms with Crippen LogP contribution in [0.5, 0.6) is 0 Å². The average Bonchev–Trinajstić information content (AvgIpc) is 3.14. The summed E-state index contributed by atoms with van der Waals surface area (Å²) in [7, 11) is 0. The molecule has 0 aliphatic carbocycles. The quantitative estimate of drug-likeness (QED) is 0.317. The van der Waals surface area contributed by atoms with Crippen LogP contribution in [-0.4, -0.2) is 27.4 Å². The third kappa shape index (κ3) is 5.11. The summed E-state index contributed by atoms with van der Waals surface area (Å²) in [6.07, 6.45) is -0.381. The van der Waals surface area contributed by atoms with Gasteiger partial charge in [0.15, 0.2) is 5.78 Å². The molecule has 8 heteroatoms. The number of carbonyl (C=O) groups is 3. The number of hydrogen-bond acceptors (Lipinski definition) is 5. The molecule has 1 heterocycles. The first-order valence-electron chi connectivity index (χ1n) is 9.48. The molecule has 0 saturated heterocycles. The summed E-state index contributed by atoms with van der Waals surface area (Å²) < 4.78 is 1.48. The van der Waals surface area contributed by atoms with E-state index in [0.717, 1.165) is 0 Å². The van der Waals surface area contributed by atoms with Gasteiger partial charge in [-0.1, -0.05) is 32.0 Å². The molecule has 0 saturated carbocycles. The molecule has 8 nitrogen and oxygen atoms in total. The van der Waals surface area contributed by atoms with E-state index >= 15 is 0 Å². The van der Waals surface area contributed by atoms with Gasteiger partial charge in [-0.2, -0.15) is 5.10 Å². The Labute approximate surface area is 174 Å². The summed E-state index contributed by atoms with van der Waals surface area (Å²) in [5.74, 6) is -1.01. The van der Waals surface area contributed by atoms with Crippen LogP contribution in [0.3, 0.4) is 0 Å². The number of carbonyl (C=O) groups excluding carboxylic acids is 3. The predicted octanol–water partition coefficient (Wildman–Crippen LogP) is 3.26. The Bertz CT molecular complexity index is 1060. The predicted molar refractivity (Wildman–Crippen MR) is 115 cm³/mol. The van der Waals surface area contributed by atoms with Crippen LogP contribution < -0.4 is 16.4 Å². The van der Waals surface area contributed by atoms with E-state index in [-0.39, 0.29) is 23.9 Å². The van der Waals surface area contributed by atoms with E-state index in [4.69, 9.17) is 5.73 Å². The maximum atomic E-state index is 12.6. The van der Waals surface area contributed by atoms with Gasteiger partial charge in [0, 0.05) is 23.4 Å². The number of Topliss-reactive ketones (excluding diaryl/α,β-unsaturated/α-hetero) is 1. The van der Waals surface area contributed by atoms with Crippen LogP contribution in [0.15, 0.2) is 60.7 Å². The van der Waals surface area contributed by atoms with Gasteiger partial charge in [0.05, 0.1) is 12.1 Å². The zero-order chi connectivity index (χ0) is 21.7. The minimum Gasteiger partial charge on any atom is -0.399 e. The lowest BCUT2D eigenvalue weighted by Gasteiger charge is -2.10. The number of ketones is 1. The highest BCUT2D eigenvalue weighted by Gasteiger charge is 2.20. The summed E-state index contributed by atoms with van der Waals surface area (Å²) >= 11 is 0. The van der Waals surface area contributed by atoms with E-state index in [1.165, 1.54) is 10.7 Å². The smallest absolute Gasteiger partial charge is 0.232 e. The van der Waals surface area contributed by atoms with Gasteiger partial charge in [-0.05, 0) is 36.4 Å². The number of nitrogens with two attached hydrogens (primary N) is 1. The molecule has 30 heavy (non-hydrogen) atoms. The van der Waals surface area contributed by atoms with Crippen molar-refractivity contribution in [2.75, 3.05) is 16.4 Å². The van der Waals surface area contributed by atoms with Crippen LogP contribution >= 0.6 is 0 Å². The molecule has 2 aromatic carbocycles. The summed E-state index contributed by atoms with van der Waals surface area (Å²) in [6.45, 7) is 3.54. The van der Waals surface area contributed by atoms with Gasteiger partial charge in [0.25, 0.3) is 0 Å². The molecule has 3 rings (SSSR count). The van der Waals surface area contributed by atoms with E-state index in [9.17, 15) is 14.4 Å². The number of hydrogen-bond donors (Lipinski definition) is 3. The maximum Gasteiger partial charge on any atom is 0.232 e. The fraction of sp³-hybridized carbons (Fsp3) is 0.182. The first-order chi connectivity index (χ1) is 14.3. The van der Waals surface area contributed by atoms with Gasteiger partial charge in [0.1, 0.15) is 11.5 Å². The topological polar surface area (TPSA) is 119 Å². The Morgan fingerprint density at radius 3 is 2.30 bits per heavy atom. The van der Waals surface area contributed by atoms with Crippen molar-refractivity contribution < 1.29 is 14.4 Å². The lowest BCUT2D eigenvalue weighted by Crippen LogP contribution is -2.19. The molecule has 3 aromatic rings. The highest BCUT2D eigenvalue weighted by atomic mass is 16.2. The average molecular weight is 405 g/mol. The minimum absolute atomic E-state index is 0.0883. The zero-order valence-corrected chi connectivity index (χ0v) is 16.8. The third-order valence-corrected chi connectivity index (χ3v) is 4.29. The van der Waals surface area contributed by atoms with E-state index in [1.807, 2.05) is 18.2 Å². The summed E-state index contributed by atoms with van der Waals surface area (Å²) in [5, 5.41) is 9.75. The van der Waals surface area contributed by atoms with Gasteiger partial charge >= 0.3 is 0 Å². The lowest BCUT2D eigenvalue weighted by atomic mass is 10.2. The van der Waals surface area contributed by atoms with Crippen molar-refractivity contribution in [3.05, 3.63) is 66.4 Å². The Kier molecular flexibility index (Phi) is 6.26. The molecule has 2 amide bonds. The molecule has 0 spiro atoms. The Morgan fingerprint density at radius 1 is 1.00 bits per heavy atom. The van der Waals surface area contributed by atoms with Gasteiger partial charge in [0.2, 0.25) is 11.8 Å². The Morgan fingerprint density at radius 2 is 1.67 bits per heavy atom. The van der Waals surface area contributed by atoms with Crippen molar-refractivity contribution in [3.63, 3.8) is 0 Å². The standard InChI is InChI=1S/C22H23N5O3/c1-14(2)22(30)25-20-12-18(26-27(20)17-6-4-3-5-7-17)19(28)13-21(29)24-16-10-8-15(23)9-11-16/h3-12,14H,13,23H2,1-2H3,(H,24,29)(H,25,30). The van der Waals surface area contributed by atoms with Crippen LogP contribution in [-0.2, 0) is 9.59 Å². The van der Waals surface area contributed by atoms with Gasteiger partial charge in [-0.15, -0.1) is 0 Å². The number of nitrogens with one attached hydrogen (secondary N) is 2. The second kappa shape index (κ2) is 9.04. The van der Waals surface area contributed by atoms with Crippen LogP contribution in [0.4, 0.5) is 17.2 Å². The van der Waals surface area contributed by atoms with Gasteiger partial charge in [-0.3, -0.25) is 14.4 Å². The second-order valence-electron chi connectivity index (χ2n) is 7.08. The lowest BCUT2D eigenvalue weighted by molar-refractivity contribution is -0.119. The number of anilines is 3. The fourth-order valence-corrected chi connectivity index (χ4v) is 2.65. The fourth-order valence-electron chi connectivity index (χ4n) is 2.65. The van der Waals surface area contributed by atoms with Crippen molar-refractivity contribution >= 4 is 34.8 Å². The molecule has 154 valence electrons. The molecular weight excluding hydrogens is 382 g/mol. The largest absolute Gasteiger partial charge is 0.399 e. The molecule has 0 radical (unpaired) electrons. The number of nitrogen functional groups attached to an aromatic ring is 1. The van der Waals surface area contributed by atoms with E-state index in [1.54, 1.807) is 50.2 Å². The van der Waals surface area contributed by atoms with Crippen molar-refractivity contribution in [1.82, 2.24) is 9.78 Å². The molecule has 0 bridgehead atoms. The van der Waals surface area contributed by atoms with E-state index < -0.39 is 11.7 Å². The number of para-hydroxylation sites is 1. The van der Waals surface area contributed by atoms with E-state index in [2.05, 4.69) is 15.7 Å². The molecule has 0 aliphatic heterocycles. The number of amides is 2. The Hall–Kier alpha value is -3.94. The van der Waals surface area contributed by atoms with Crippen molar-refractivity contribution in [2.24, 2.45) is 5.92 Å². The van der Waals surface area contributed by atoms with Crippen LogP contribution in [0.2, 0.25) is 0 Å². The van der Waals surface area contributed by atoms with Crippen LogP contribution in [0, 0.1) is 5.92 Å². The summed E-state index contributed by atoms with van der Waals surface area (Å²) in [4.78, 5) is 37.1. The van der Waals surface area contributed by atoms with Gasteiger partial charge in [-0.25, -0.2) is 4.68 Å². The SMILES string of the molecule is CC(C)C(=O)Nc1cc(C(=O)CC(=O)Nc2ccc(N)cc2)nn1-c1ccccc1. The van der Waals surface area contributed by atoms with Crippen molar-refractivity contribution in [1.29, 1.82) is 0 Å². The summed E-state index contributed by atoms with van der Waals surface area (Å²) in [6, 6.07) is 17.2. The first kappa shape index (κ1) is 20.8. The van der Waals surface area contributed by atoms with E-state index in [0.29, 0.717) is 22.9 Å².